The quantitative estimate of drug-likeness (QED) is 0.788. The molecule has 1 aromatic carbocycles. The monoisotopic (exact) mass is 432 g/mol. The van der Waals surface area contributed by atoms with E-state index in [9.17, 15) is 9.59 Å². The normalized spacial score (nSPS) is 25.2. The number of rotatable bonds is 5. The van der Waals surface area contributed by atoms with Gasteiger partial charge in [-0.25, -0.2) is 4.98 Å². The van der Waals surface area contributed by atoms with Crippen molar-refractivity contribution in [3.05, 3.63) is 59.8 Å². The van der Waals surface area contributed by atoms with Crippen LogP contribution in [0.1, 0.15) is 41.6 Å². The van der Waals surface area contributed by atoms with Gasteiger partial charge in [-0.2, -0.15) is 0 Å². The zero-order chi connectivity index (χ0) is 22.1. The van der Waals surface area contributed by atoms with Crippen molar-refractivity contribution in [1.29, 1.82) is 0 Å². The van der Waals surface area contributed by atoms with Crippen LogP contribution in [0.2, 0.25) is 0 Å². The van der Waals surface area contributed by atoms with Crippen LogP contribution in [-0.2, 0) is 4.79 Å². The van der Waals surface area contributed by atoms with Crippen molar-refractivity contribution in [2.75, 3.05) is 37.6 Å². The first-order valence-electron chi connectivity index (χ1n) is 11.9. The summed E-state index contributed by atoms with van der Waals surface area (Å²) in [6.45, 7) is 5.48. The molecular formula is C26H32N4O2. The van der Waals surface area contributed by atoms with Gasteiger partial charge in [0.05, 0.1) is 5.41 Å². The first-order valence-corrected chi connectivity index (χ1v) is 11.9. The molecule has 1 saturated carbocycles. The summed E-state index contributed by atoms with van der Waals surface area (Å²) in [5.74, 6) is 1.88. The van der Waals surface area contributed by atoms with Gasteiger partial charge in [0.25, 0.3) is 5.91 Å². The largest absolute Gasteiger partial charge is 0.355 e. The van der Waals surface area contributed by atoms with E-state index in [1.807, 2.05) is 54.3 Å². The maximum absolute atomic E-state index is 13.6. The van der Waals surface area contributed by atoms with Gasteiger partial charge in [-0.1, -0.05) is 24.3 Å². The first-order chi connectivity index (χ1) is 15.6. The fourth-order valence-electron chi connectivity index (χ4n) is 5.42. The molecule has 32 heavy (non-hydrogen) atoms. The summed E-state index contributed by atoms with van der Waals surface area (Å²) < 4.78 is 0. The van der Waals surface area contributed by atoms with E-state index in [4.69, 9.17) is 0 Å². The van der Waals surface area contributed by atoms with Gasteiger partial charge in [0, 0.05) is 50.4 Å². The first kappa shape index (κ1) is 21.0. The van der Waals surface area contributed by atoms with Crippen molar-refractivity contribution < 1.29 is 9.59 Å². The van der Waals surface area contributed by atoms with E-state index in [0.717, 1.165) is 42.9 Å². The van der Waals surface area contributed by atoms with Gasteiger partial charge in [0.2, 0.25) is 5.91 Å². The number of hydrogen-bond acceptors (Lipinski definition) is 4. The van der Waals surface area contributed by atoms with Gasteiger partial charge >= 0.3 is 0 Å². The van der Waals surface area contributed by atoms with Crippen LogP contribution in [0.25, 0.3) is 0 Å². The molecule has 0 unspecified atom stereocenters. The van der Waals surface area contributed by atoms with Crippen LogP contribution in [0, 0.1) is 24.2 Å². The number of amides is 2. The highest BCUT2D eigenvalue weighted by atomic mass is 16.2. The molecule has 3 aliphatic rings. The number of nitrogens with zero attached hydrogens (tertiary/aromatic N) is 3. The molecule has 2 atom stereocenters. The molecule has 2 aliphatic heterocycles. The molecule has 6 nitrogen and oxygen atoms in total. The summed E-state index contributed by atoms with van der Waals surface area (Å²) in [6, 6.07) is 13.7. The summed E-state index contributed by atoms with van der Waals surface area (Å²) in [5.41, 5.74) is 1.28. The molecule has 1 aliphatic carbocycles. The third-order valence-electron chi connectivity index (χ3n) is 7.52. The summed E-state index contributed by atoms with van der Waals surface area (Å²) in [7, 11) is 0. The minimum atomic E-state index is -0.479. The Morgan fingerprint density at radius 2 is 1.94 bits per heavy atom. The molecule has 0 bridgehead atoms. The van der Waals surface area contributed by atoms with E-state index in [2.05, 4.69) is 15.2 Å². The second kappa shape index (κ2) is 8.57. The van der Waals surface area contributed by atoms with Crippen LogP contribution in [0.3, 0.4) is 0 Å². The average Bonchev–Trinajstić information content (AvgIpc) is 3.60. The predicted octanol–water partition coefficient (Wildman–Crippen LogP) is 3.28. The SMILES string of the molecule is Cc1ccccc1C(=O)N1CCC[C@@]2(C(=O)NCC3CC3)CN(c3ccccn3)C[C@H]2C1. The number of hydrogen-bond donors (Lipinski definition) is 1. The molecule has 3 heterocycles. The van der Waals surface area contributed by atoms with E-state index in [0.29, 0.717) is 25.6 Å². The zero-order valence-electron chi connectivity index (χ0n) is 18.8. The fourth-order valence-corrected chi connectivity index (χ4v) is 5.42. The number of carbonyl (C=O) groups excluding carboxylic acids is 2. The summed E-state index contributed by atoms with van der Waals surface area (Å²) >= 11 is 0. The Hall–Kier alpha value is -2.89. The molecule has 2 saturated heterocycles. The minimum Gasteiger partial charge on any atom is -0.355 e. The van der Waals surface area contributed by atoms with Crippen molar-refractivity contribution in [2.24, 2.45) is 17.3 Å². The van der Waals surface area contributed by atoms with Crippen molar-refractivity contribution >= 4 is 17.6 Å². The standard InChI is InChI=1S/C26H32N4O2/c1-19-7-2-3-8-22(19)24(31)29-14-6-12-26(25(32)28-15-20-10-11-20)18-30(17-21(26)16-29)23-9-4-5-13-27-23/h2-5,7-9,13,20-21H,6,10-12,14-18H2,1H3,(H,28,32)/t21-,26-/m1/s1. The Balaban J connectivity index is 1.41. The van der Waals surface area contributed by atoms with Gasteiger partial charge in [-0.3, -0.25) is 9.59 Å². The molecule has 6 heteroatoms. The van der Waals surface area contributed by atoms with Gasteiger partial charge in [-0.05, 0) is 62.3 Å². The van der Waals surface area contributed by atoms with Gasteiger partial charge in [-0.15, -0.1) is 0 Å². The van der Waals surface area contributed by atoms with Crippen LogP contribution < -0.4 is 10.2 Å². The lowest BCUT2D eigenvalue weighted by Gasteiger charge is -2.32. The second-order valence-electron chi connectivity index (χ2n) is 9.74. The molecule has 1 N–H and O–H groups in total. The highest BCUT2D eigenvalue weighted by Crippen LogP contribution is 2.44. The van der Waals surface area contributed by atoms with Crippen LogP contribution >= 0.6 is 0 Å². The molecule has 0 radical (unpaired) electrons. The van der Waals surface area contributed by atoms with E-state index in [1.54, 1.807) is 6.20 Å². The van der Waals surface area contributed by atoms with Crippen molar-refractivity contribution in [2.45, 2.75) is 32.6 Å². The number of fused-ring (bicyclic) bond motifs is 1. The van der Waals surface area contributed by atoms with Crippen molar-refractivity contribution in [1.82, 2.24) is 15.2 Å². The minimum absolute atomic E-state index is 0.0774. The van der Waals surface area contributed by atoms with Gasteiger partial charge in [0.15, 0.2) is 0 Å². The molecular weight excluding hydrogens is 400 g/mol. The third kappa shape index (κ3) is 3.98. The molecule has 1 aromatic heterocycles. The lowest BCUT2D eigenvalue weighted by Crippen LogP contribution is -2.48. The van der Waals surface area contributed by atoms with Crippen molar-refractivity contribution in [3.63, 3.8) is 0 Å². The number of benzene rings is 1. The summed E-state index contributed by atoms with van der Waals surface area (Å²) in [4.78, 5) is 35.8. The maximum Gasteiger partial charge on any atom is 0.254 e. The predicted molar refractivity (Wildman–Crippen MR) is 124 cm³/mol. The fraction of sp³-hybridized carbons (Fsp3) is 0.500. The second-order valence-corrected chi connectivity index (χ2v) is 9.74. The molecule has 5 rings (SSSR count). The molecule has 2 aromatic rings. The Morgan fingerprint density at radius 3 is 2.69 bits per heavy atom. The number of pyridine rings is 1. The van der Waals surface area contributed by atoms with Gasteiger partial charge < -0.3 is 15.1 Å². The molecule has 0 spiro atoms. The molecule has 3 fully saturated rings. The summed E-state index contributed by atoms with van der Waals surface area (Å²) in [5, 5.41) is 3.27. The van der Waals surface area contributed by atoms with Gasteiger partial charge in [0.1, 0.15) is 5.82 Å². The molecule has 2 amide bonds. The van der Waals surface area contributed by atoms with Crippen molar-refractivity contribution in [3.8, 4) is 0 Å². The number of anilines is 1. The molecule has 168 valence electrons. The number of nitrogens with one attached hydrogen (secondary N) is 1. The summed E-state index contributed by atoms with van der Waals surface area (Å²) in [6.07, 6.45) is 5.87. The Kier molecular flexibility index (Phi) is 5.62. The number of aromatic nitrogens is 1. The highest BCUT2D eigenvalue weighted by molar-refractivity contribution is 5.95. The van der Waals surface area contributed by atoms with Crippen LogP contribution in [0.4, 0.5) is 5.82 Å². The number of likely N-dealkylation sites (tertiary alicyclic amines) is 1. The number of aryl methyl sites for hydroxylation is 1. The van der Waals surface area contributed by atoms with Crippen LogP contribution in [-0.4, -0.2) is 54.4 Å². The van der Waals surface area contributed by atoms with Crippen LogP contribution in [0.15, 0.2) is 48.7 Å². The van der Waals surface area contributed by atoms with E-state index >= 15 is 0 Å². The topological polar surface area (TPSA) is 65.5 Å². The van der Waals surface area contributed by atoms with E-state index in [1.165, 1.54) is 12.8 Å². The van der Waals surface area contributed by atoms with E-state index in [-0.39, 0.29) is 17.7 Å². The maximum atomic E-state index is 13.6. The lowest BCUT2D eigenvalue weighted by molar-refractivity contribution is -0.132. The smallest absolute Gasteiger partial charge is 0.254 e. The van der Waals surface area contributed by atoms with Crippen LogP contribution in [0.5, 0.6) is 0 Å². The highest BCUT2D eigenvalue weighted by Gasteiger charge is 2.53. The lowest BCUT2D eigenvalue weighted by atomic mass is 9.74. The Morgan fingerprint density at radius 1 is 1.12 bits per heavy atom. The average molecular weight is 433 g/mol. The van der Waals surface area contributed by atoms with E-state index < -0.39 is 5.41 Å². The zero-order valence-corrected chi connectivity index (χ0v) is 18.8. The Labute approximate surface area is 190 Å². The Bertz CT molecular complexity index is 990. The third-order valence-corrected chi connectivity index (χ3v) is 7.52. The number of carbonyl (C=O) groups is 2.